The highest BCUT2D eigenvalue weighted by atomic mass is 16.2. The third-order valence-electron chi connectivity index (χ3n) is 12.3. The van der Waals surface area contributed by atoms with Crippen molar-refractivity contribution in [2.75, 3.05) is 19.6 Å². The fourth-order valence-corrected chi connectivity index (χ4v) is 8.76. The van der Waals surface area contributed by atoms with E-state index in [-0.39, 0.29) is 68.8 Å². The molecule has 67 heavy (non-hydrogen) atoms. The number of nitrogens with one attached hydrogen (secondary N) is 6. The Bertz CT molecular complexity index is 2680. The molecule has 7 amide bonds. The summed E-state index contributed by atoms with van der Waals surface area (Å²) in [6.07, 6.45) is 3.68. The molecule has 0 radical (unpaired) electrons. The van der Waals surface area contributed by atoms with Crippen LogP contribution >= 0.6 is 0 Å². The normalized spacial score (nSPS) is 21.6. The summed E-state index contributed by atoms with van der Waals surface area (Å²) in [6, 6.07) is 21.3. The van der Waals surface area contributed by atoms with E-state index >= 15 is 0 Å². The average Bonchev–Trinajstić information content (AvgIpc) is 3.99. The smallest absolute Gasteiger partial charge is 0.255 e. The van der Waals surface area contributed by atoms with Gasteiger partial charge in [-0.1, -0.05) is 72.8 Å². The van der Waals surface area contributed by atoms with E-state index in [2.05, 4.69) is 36.6 Å². The van der Waals surface area contributed by atoms with E-state index in [9.17, 15) is 33.6 Å². The Balaban J connectivity index is 1.25. The molecule has 1 aromatic heterocycles. The topological polar surface area (TPSA) is 289 Å². The zero-order chi connectivity index (χ0) is 47.5. The van der Waals surface area contributed by atoms with Crippen LogP contribution in [0, 0.1) is 0 Å². The van der Waals surface area contributed by atoms with Gasteiger partial charge in [0.05, 0.1) is 11.1 Å². The number of H-pyrrole nitrogens is 1. The van der Waals surface area contributed by atoms with Crippen molar-refractivity contribution in [1.29, 1.82) is 0 Å². The molecule has 18 heteroatoms. The Morgan fingerprint density at radius 1 is 0.672 bits per heavy atom. The third kappa shape index (κ3) is 11.9. The van der Waals surface area contributed by atoms with Crippen LogP contribution in [-0.2, 0) is 36.8 Å². The Kier molecular flexibility index (Phi) is 15.5. The van der Waals surface area contributed by atoms with Crippen LogP contribution in [-0.4, -0.2) is 107 Å². The SMILES string of the molecule is NC(=O)C1CCCCNC(=O)c2ccccc2C(=O)N2CCCC2C(=O)NC(Cc2ccc3ccccc3c2)C(=O)NC(CCCN=C(N)N)C(=O)NC(Cc2c[nH]c3ccccc23)C(=O)N1. The van der Waals surface area contributed by atoms with Gasteiger partial charge in [0.2, 0.25) is 29.5 Å². The van der Waals surface area contributed by atoms with Crippen molar-refractivity contribution in [2.45, 2.75) is 88.0 Å². The van der Waals surface area contributed by atoms with Gasteiger partial charge in [0, 0.05) is 49.6 Å². The number of fused-ring (bicyclic) bond motifs is 4. The maximum absolute atomic E-state index is 14.7. The highest BCUT2D eigenvalue weighted by Crippen LogP contribution is 2.24. The van der Waals surface area contributed by atoms with Gasteiger partial charge in [-0.3, -0.25) is 38.6 Å². The second-order valence-corrected chi connectivity index (χ2v) is 17.0. The summed E-state index contributed by atoms with van der Waals surface area (Å²) in [6.45, 7) is 0.535. The van der Waals surface area contributed by atoms with Gasteiger partial charge in [0.1, 0.15) is 30.2 Å². The molecule has 0 saturated carbocycles. The van der Waals surface area contributed by atoms with E-state index in [0.717, 1.165) is 21.7 Å². The summed E-state index contributed by atoms with van der Waals surface area (Å²) in [5, 5.41) is 16.9. The maximum Gasteiger partial charge on any atom is 0.255 e. The number of carbonyl (C=O) groups is 7. The first-order valence-corrected chi connectivity index (χ1v) is 22.6. The summed E-state index contributed by atoms with van der Waals surface area (Å²) >= 11 is 0. The standard InChI is InChI=1S/C49H57N11O7/c50-42(61)37-17-7-8-22-53-43(62)34-14-3-4-15-35(34)48(67)60-24-10-19-41(60)47(66)59-39(26-29-20-21-30-11-1-2-12-31(30)25-29)45(64)57-38(18-9-23-54-49(51)52)44(63)58-40(46(65)56-37)27-32-28-55-36-16-6-5-13-33(32)36/h1-6,11-16,20-21,25,28,37-41,55H,7-10,17-19,22-24,26-27H2,(H2,50,61)(H,53,62)(H,56,65)(H,57,64)(H,58,63)(H,59,66)(H4,51,52,54). The second-order valence-electron chi connectivity index (χ2n) is 17.0. The van der Waals surface area contributed by atoms with Gasteiger partial charge in [-0.05, 0) is 85.0 Å². The van der Waals surface area contributed by atoms with Crippen LogP contribution in [0.4, 0.5) is 0 Å². The molecule has 0 spiro atoms. The van der Waals surface area contributed by atoms with Crippen LogP contribution in [0.15, 0.2) is 102 Å². The van der Waals surface area contributed by atoms with Crippen molar-refractivity contribution < 1.29 is 33.6 Å². The van der Waals surface area contributed by atoms with E-state index in [1.54, 1.807) is 18.3 Å². The van der Waals surface area contributed by atoms with Gasteiger partial charge in [0.15, 0.2) is 5.96 Å². The monoisotopic (exact) mass is 911 g/mol. The molecule has 5 atom stereocenters. The fraction of sp³-hybridized carbons (Fsp3) is 0.347. The Labute approximate surface area is 387 Å². The molecule has 5 unspecified atom stereocenters. The van der Waals surface area contributed by atoms with Crippen molar-refractivity contribution in [3.05, 3.63) is 119 Å². The van der Waals surface area contributed by atoms with Crippen molar-refractivity contribution >= 4 is 69.0 Å². The number of hydrogen-bond donors (Lipinski definition) is 9. The van der Waals surface area contributed by atoms with Crippen LogP contribution in [0.3, 0.4) is 0 Å². The van der Waals surface area contributed by atoms with Crippen molar-refractivity contribution in [1.82, 2.24) is 36.5 Å². The van der Waals surface area contributed by atoms with Crippen LogP contribution in [0.25, 0.3) is 21.7 Å². The molecule has 1 fully saturated rings. The number of aromatic amines is 1. The summed E-state index contributed by atoms with van der Waals surface area (Å²) < 4.78 is 0. The number of benzene rings is 4. The third-order valence-corrected chi connectivity index (χ3v) is 12.3. The first-order valence-electron chi connectivity index (χ1n) is 22.6. The number of nitrogens with zero attached hydrogens (tertiary/aromatic N) is 2. The largest absolute Gasteiger partial charge is 0.370 e. The van der Waals surface area contributed by atoms with Crippen molar-refractivity contribution in [2.24, 2.45) is 22.2 Å². The maximum atomic E-state index is 14.7. The number of aliphatic imine (C=N–C) groups is 1. The van der Waals surface area contributed by atoms with Gasteiger partial charge >= 0.3 is 0 Å². The molecular formula is C49H57N11O7. The van der Waals surface area contributed by atoms with Crippen molar-refractivity contribution in [3.63, 3.8) is 0 Å². The van der Waals surface area contributed by atoms with E-state index in [1.165, 1.54) is 17.0 Å². The number of carbonyl (C=O) groups excluding carboxylic acids is 7. The molecular weight excluding hydrogens is 855 g/mol. The predicted molar refractivity (Wildman–Crippen MR) is 253 cm³/mol. The predicted octanol–water partition coefficient (Wildman–Crippen LogP) is 1.80. The number of nitrogens with two attached hydrogens (primary N) is 3. The quantitative estimate of drug-likeness (QED) is 0.0591. The van der Waals surface area contributed by atoms with Crippen LogP contribution in [0.1, 0.15) is 76.8 Å². The highest BCUT2D eigenvalue weighted by molar-refractivity contribution is 6.08. The van der Waals surface area contributed by atoms with E-state index in [0.29, 0.717) is 36.8 Å². The molecule has 350 valence electrons. The van der Waals surface area contributed by atoms with E-state index in [4.69, 9.17) is 17.2 Å². The Hall–Kier alpha value is -7.76. The van der Waals surface area contributed by atoms with Gasteiger partial charge in [-0.2, -0.15) is 0 Å². The summed E-state index contributed by atoms with van der Waals surface area (Å²) in [5.41, 5.74) is 19.4. The Morgan fingerprint density at radius 3 is 2.13 bits per heavy atom. The molecule has 12 N–H and O–H groups in total. The lowest BCUT2D eigenvalue weighted by Crippen LogP contribution is -2.59. The van der Waals surface area contributed by atoms with Gasteiger partial charge in [-0.15, -0.1) is 0 Å². The number of guanidine groups is 1. The number of primary amides is 1. The zero-order valence-electron chi connectivity index (χ0n) is 37.1. The lowest BCUT2D eigenvalue weighted by molar-refractivity contribution is -0.135. The molecule has 0 aliphatic carbocycles. The van der Waals surface area contributed by atoms with Gasteiger partial charge in [0.25, 0.3) is 11.8 Å². The summed E-state index contributed by atoms with van der Waals surface area (Å²) in [7, 11) is 0. The second kappa shape index (κ2) is 21.9. The minimum Gasteiger partial charge on any atom is -0.370 e. The number of para-hydroxylation sites is 1. The molecule has 0 bridgehead atoms. The Morgan fingerprint density at radius 2 is 1.34 bits per heavy atom. The lowest BCUT2D eigenvalue weighted by Gasteiger charge is -2.28. The van der Waals surface area contributed by atoms with Gasteiger partial charge < -0.3 is 53.7 Å². The van der Waals surface area contributed by atoms with E-state index < -0.39 is 71.6 Å². The molecule has 5 aromatic rings. The van der Waals surface area contributed by atoms with Crippen molar-refractivity contribution in [3.8, 4) is 0 Å². The lowest BCUT2D eigenvalue weighted by atomic mass is 9.99. The van der Waals surface area contributed by atoms with Crippen LogP contribution < -0.4 is 43.8 Å². The molecule has 2 aliphatic heterocycles. The van der Waals surface area contributed by atoms with Gasteiger partial charge in [-0.25, -0.2) is 0 Å². The molecule has 4 aromatic carbocycles. The number of hydrogen-bond acceptors (Lipinski definition) is 8. The fourth-order valence-electron chi connectivity index (χ4n) is 8.76. The minimum atomic E-state index is -1.27. The van der Waals surface area contributed by atoms with E-state index in [1.807, 2.05) is 66.7 Å². The minimum absolute atomic E-state index is 0.00744. The molecule has 18 nitrogen and oxygen atoms in total. The first kappa shape index (κ1) is 47.2. The average molecular weight is 912 g/mol. The number of aromatic nitrogens is 1. The molecule has 7 rings (SSSR count). The summed E-state index contributed by atoms with van der Waals surface area (Å²) in [5.74, 6) is -4.66. The molecule has 1 saturated heterocycles. The van der Waals surface area contributed by atoms with Crippen LogP contribution in [0.2, 0.25) is 0 Å². The highest BCUT2D eigenvalue weighted by Gasteiger charge is 2.38. The first-order chi connectivity index (χ1) is 32.4. The van der Waals surface area contributed by atoms with Crippen LogP contribution in [0.5, 0.6) is 0 Å². The summed E-state index contributed by atoms with van der Waals surface area (Å²) in [4.78, 5) is 107. The molecule has 2 aliphatic rings. The zero-order valence-corrected chi connectivity index (χ0v) is 37.1. The molecule has 3 heterocycles. The number of amides is 7. The number of rotatable bonds is 9.